The lowest BCUT2D eigenvalue weighted by molar-refractivity contribution is 0.129. The van der Waals surface area contributed by atoms with E-state index in [1.807, 2.05) is 0 Å². The summed E-state index contributed by atoms with van der Waals surface area (Å²) in [6.07, 6.45) is 5.49. The van der Waals surface area contributed by atoms with Crippen LogP contribution in [-0.4, -0.2) is 32.3 Å². The van der Waals surface area contributed by atoms with E-state index in [2.05, 4.69) is 41.4 Å². The van der Waals surface area contributed by atoms with Gasteiger partial charge in [0, 0.05) is 26.2 Å². The van der Waals surface area contributed by atoms with Crippen LogP contribution in [-0.2, 0) is 0 Å². The van der Waals surface area contributed by atoms with Crippen molar-refractivity contribution in [3.05, 3.63) is 24.3 Å². The summed E-state index contributed by atoms with van der Waals surface area (Å²) < 4.78 is 6.35. The summed E-state index contributed by atoms with van der Waals surface area (Å²) in [5.74, 6) is 1.88. The van der Waals surface area contributed by atoms with Crippen molar-refractivity contribution in [3.8, 4) is 5.75 Å². The Labute approximate surface area is 122 Å². The normalized spacial score (nSPS) is 27.4. The third-order valence-electron chi connectivity index (χ3n) is 4.50. The highest BCUT2D eigenvalue weighted by Crippen LogP contribution is 2.33. The van der Waals surface area contributed by atoms with E-state index in [9.17, 15) is 0 Å². The van der Waals surface area contributed by atoms with Crippen molar-refractivity contribution in [1.82, 2.24) is 5.32 Å². The van der Waals surface area contributed by atoms with E-state index in [0.717, 1.165) is 37.8 Å². The molecule has 0 bridgehead atoms. The maximum Gasteiger partial charge on any atom is 0.143 e. The molecule has 1 saturated heterocycles. The van der Waals surface area contributed by atoms with Gasteiger partial charge in [0.25, 0.3) is 0 Å². The average Bonchev–Trinajstić information content (AvgIpc) is 2.49. The van der Waals surface area contributed by atoms with Crippen molar-refractivity contribution in [1.29, 1.82) is 0 Å². The molecular formula is C17H26N2O. The van der Waals surface area contributed by atoms with Crippen LogP contribution in [0.25, 0.3) is 0 Å². The van der Waals surface area contributed by atoms with Gasteiger partial charge in [-0.1, -0.05) is 25.5 Å². The Morgan fingerprint density at radius 3 is 2.75 bits per heavy atom. The first kappa shape index (κ1) is 13.7. The molecular weight excluding hydrogens is 248 g/mol. The van der Waals surface area contributed by atoms with E-state index in [-0.39, 0.29) is 0 Å². The first-order chi connectivity index (χ1) is 9.83. The number of ether oxygens (including phenoxy) is 1. The monoisotopic (exact) mass is 274 g/mol. The Hall–Kier alpha value is -1.22. The average molecular weight is 274 g/mol. The van der Waals surface area contributed by atoms with Gasteiger partial charge in [0.15, 0.2) is 0 Å². The second-order valence-electron chi connectivity index (χ2n) is 6.22. The summed E-state index contributed by atoms with van der Waals surface area (Å²) in [5.41, 5.74) is 1.27. The van der Waals surface area contributed by atoms with Gasteiger partial charge in [-0.15, -0.1) is 0 Å². The molecule has 0 spiro atoms. The maximum absolute atomic E-state index is 6.35. The highest BCUT2D eigenvalue weighted by atomic mass is 16.5. The van der Waals surface area contributed by atoms with Crippen LogP contribution in [0.5, 0.6) is 5.75 Å². The van der Waals surface area contributed by atoms with E-state index in [1.54, 1.807) is 0 Å². The van der Waals surface area contributed by atoms with Crippen LogP contribution >= 0.6 is 0 Å². The number of anilines is 1. The summed E-state index contributed by atoms with van der Waals surface area (Å²) in [6.45, 7) is 6.62. The van der Waals surface area contributed by atoms with E-state index in [0.29, 0.717) is 6.10 Å². The number of nitrogens with zero attached hydrogens (tertiary/aromatic N) is 1. The molecule has 1 saturated carbocycles. The molecule has 110 valence electrons. The largest absolute Gasteiger partial charge is 0.488 e. The van der Waals surface area contributed by atoms with Crippen LogP contribution < -0.4 is 15.0 Å². The number of hydrogen-bond donors (Lipinski definition) is 1. The summed E-state index contributed by atoms with van der Waals surface area (Å²) in [4.78, 5) is 2.44. The van der Waals surface area contributed by atoms with Crippen LogP contribution in [0.15, 0.2) is 24.3 Å². The van der Waals surface area contributed by atoms with Gasteiger partial charge in [-0.05, 0) is 37.3 Å². The molecule has 1 aliphatic heterocycles. The van der Waals surface area contributed by atoms with Gasteiger partial charge in [-0.2, -0.15) is 0 Å². The van der Waals surface area contributed by atoms with Crippen LogP contribution in [0.3, 0.4) is 0 Å². The van der Waals surface area contributed by atoms with Gasteiger partial charge in [-0.25, -0.2) is 0 Å². The molecule has 0 aromatic heterocycles. The molecule has 2 unspecified atom stereocenters. The minimum absolute atomic E-state index is 0.405. The second kappa shape index (κ2) is 6.49. The van der Waals surface area contributed by atoms with Crippen molar-refractivity contribution in [2.75, 3.05) is 31.1 Å². The molecule has 1 heterocycles. The highest BCUT2D eigenvalue weighted by molar-refractivity contribution is 5.58. The number of para-hydroxylation sites is 2. The van der Waals surface area contributed by atoms with E-state index < -0.39 is 0 Å². The SMILES string of the molecule is CC1CCCC(Oc2ccccc2N2CCNCC2)C1. The van der Waals surface area contributed by atoms with Crippen LogP contribution in [0, 0.1) is 5.92 Å². The van der Waals surface area contributed by atoms with Crippen molar-refractivity contribution in [3.63, 3.8) is 0 Å². The van der Waals surface area contributed by atoms with Gasteiger partial charge in [0.1, 0.15) is 5.75 Å². The summed E-state index contributed by atoms with van der Waals surface area (Å²) in [5, 5.41) is 3.41. The topological polar surface area (TPSA) is 24.5 Å². The highest BCUT2D eigenvalue weighted by Gasteiger charge is 2.22. The maximum atomic E-state index is 6.35. The molecule has 3 heteroatoms. The fourth-order valence-corrected chi connectivity index (χ4v) is 3.39. The molecule has 3 nitrogen and oxygen atoms in total. The van der Waals surface area contributed by atoms with Gasteiger partial charge in [0.05, 0.1) is 11.8 Å². The molecule has 1 aliphatic carbocycles. The van der Waals surface area contributed by atoms with E-state index in [4.69, 9.17) is 4.74 Å². The van der Waals surface area contributed by atoms with Gasteiger partial charge in [0.2, 0.25) is 0 Å². The Morgan fingerprint density at radius 1 is 1.15 bits per heavy atom. The lowest BCUT2D eigenvalue weighted by atomic mass is 9.89. The molecule has 0 radical (unpaired) electrons. The standard InChI is InChI=1S/C17H26N2O/c1-14-5-4-6-15(13-14)20-17-8-3-2-7-16(17)19-11-9-18-10-12-19/h2-3,7-8,14-15,18H,4-6,9-13H2,1H3. The first-order valence-corrected chi connectivity index (χ1v) is 8.04. The fourth-order valence-electron chi connectivity index (χ4n) is 3.39. The summed E-state index contributed by atoms with van der Waals surface area (Å²) >= 11 is 0. The van der Waals surface area contributed by atoms with E-state index >= 15 is 0 Å². The quantitative estimate of drug-likeness (QED) is 0.917. The predicted molar refractivity (Wildman–Crippen MR) is 83.6 cm³/mol. The Bertz CT molecular complexity index is 429. The van der Waals surface area contributed by atoms with Crippen molar-refractivity contribution in [2.45, 2.75) is 38.7 Å². The summed E-state index contributed by atoms with van der Waals surface area (Å²) in [6, 6.07) is 8.55. The molecule has 2 fully saturated rings. The molecule has 2 atom stereocenters. The Morgan fingerprint density at radius 2 is 1.95 bits per heavy atom. The molecule has 1 aromatic rings. The minimum atomic E-state index is 0.405. The van der Waals surface area contributed by atoms with Crippen LogP contribution in [0.2, 0.25) is 0 Å². The summed E-state index contributed by atoms with van der Waals surface area (Å²) in [7, 11) is 0. The number of benzene rings is 1. The molecule has 20 heavy (non-hydrogen) atoms. The third-order valence-corrected chi connectivity index (χ3v) is 4.50. The number of piperazine rings is 1. The lowest BCUT2D eigenvalue weighted by Gasteiger charge is -2.33. The third kappa shape index (κ3) is 3.26. The van der Waals surface area contributed by atoms with Crippen molar-refractivity contribution < 1.29 is 4.74 Å². The Kier molecular flexibility index (Phi) is 4.46. The first-order valence-electron chi connectivity index (χ1n) is 8.04. The lowest BCUT2D eigenvalue weighted by Crippen LogP contribution is -2.43. The molecule has 1 N–H and O–H groups in total. The molecule has 2 aliphatic rings. The zero-order valence-corrected chi connectivity index (χ0v) is 12.5. The van der Waals surface area contributed by atoms with E-state index in [1.165, 1.54) is 31.4 Å². The van der Waals surface area contributed by atoms with Gasteiger partial charge < -0.3 is 15.0 Å². The van der Waals surface area contributed by atoms with Crippen molar-refractivity contribution in [2.24, 2.45) is 5.92 Å². The second-order valence-corrected chi connectivity index (χ2v) is 6.22. The zero-order valence-electron chi connectivity index (χ0n) is 12.5. The fraction of sp³-hybridized carbons (Fsp3) is 0.647. The zero-order chi connectivity index (χ0) is 13.8. The Balaban J connectivity index is 1.71. The smallest absolute Gasteiger partial charge is 0.143 e. The number of hydrogen-bond acceptors (Lipinski definition) is 3. The molecule has 0 amide bonds. The number of nitrogens with one attached hydrogen (secondary N) is 1. The van der Waals surface area contributed by atoms with Gasteiger partial charge in [-0.3, -0.25) is 0 Å². The van der Waals surface area contributed by atoms with Gasteiger partial charge >= 0.3 is 0 Å². The van der Waals surface area contributed by atoms with Crippen LogP contribution in [0.1, 0.15) is 32.6 Å². The molecule has 1 aromatic carbocycles. The number of rotatable bonds is 3. The van der Waals surface area contributed by atoms with Crippen LogP contribution in [0.4, 0.5) is 5.69 Å². The molecule has 3 rings (SSSR count). The minimum Gasteiger partial charge on any atom is -0.488 e. The predicted octanol–water partition coefficient (Wildman–Crippen LogP) is 3.05. The van der Waals surface area contributed by atoms with Crippen molar-refractivity contribution >= 4 is 5.69 Å².